The number of rotatable bonds is 2. The molecule has 6 nitrogen and oxygen atoms in total. The molecule has 0 aromatic heterocycles. The Hall–Kier alpha value is -2.00. The van der Waals surface area contributed by atoms with Crippen molar-refractivity contribution in [2.75, 3.05) is 7.05 Å². The van der Waals surface area contributed by atoms with Gasteiger partial charge in [0.1, 0.15) is 5.60 Å². The molecule has 0 bridgehead atoms. The van der Waals surface area contributed by atoms with Gasteiger partial charge >= 0.3 is 6.09 Å². The van der Waals surface area contributed by atoms with Crippen molar-refractivity contribution in [2.45, 2.75) is 39.3 Å². The number of carbonyl (C=O) groups is 2. The molecule has 154 valence electrons. The van der Waals surface area contributed by atoms with Crippen LogP contribution in [0.3, 0.4) is 0 Å². The van der Waals surface area contributed by atoms with Gasteiger partial charge in [0, 0.05) is 13.2 Å². The summed E-state index contributed by atoms with van der Waals surface area (Å²) >= 11 is 0. The maximum Gasteiger partial charge on any atom is 0.417 e. The van der Waals surface area contributed by atoms with E-state index in [0.717, 1.165) is 32.4 Å². The van der Waals surface area contributed by atoms with Crippen LogP contribution in [0.1, 0.15) is 39.3 Å². The third-order valence-electron chi connectivity index (χ3n) is 4.68. The summed E-state index contributed by atoms with van der Waals surface area (Å²) in [5.74, 6) is -0.396. The Kier molecular flexibility index (Phi) is 6.01. The first kappa shape index (κ1) is 21.7. The van der Waals surface area contributed by atoms with Gasteiger partial charge in [0.05, 0.1) is 17.3 Å². The largest absolute Gasteiger partial charge is 0.443 e. The average Bonchev–Trinajstić information content (AvgIpc) is 3.03. The fourth-order valence-electron chi connectivity index (χ4n) is 3.14. The predicted molar refractivity (Wildman–Crippen MR) is 121 cm³/mol. The summed E-state index contributed by atoms with van der Waals surface area (Å²) in [6, 6.07) is 7.51. The summed E-state index contributed by atoms with van der Waals surface area (Å²) in [6.45, 7) is 7.31. The molecule has 1 aromatic carbocycles. The number of ether oxygens (including phenoxy) is 1. The molecule has 0 saturated carbocycles. The van der Waals surface area contributed by atoms with Crippen LogP contribution in [-0.4, -0.2) is 34.6 Å². The van der Waals surface area contributed by atoms with Gasteiger partial charge in [-0.2, -0.15) is 0 Å². The van der Waals surface area contributed by atoms with Gasteiger partial charge in [0.2, 0.25) is 0 Å². The number of likely N-dealkylation sites (N-methyl/N-ethyl adjacent to an activating group) is 1. The highest BCUT2D eigenvalue weighted by atomic mass is 31.0. The summed E-state index contributed by atoms with van der Waals surface area (Å²) in [5.41, 5.74) is 5.90. The van der Waals surface area contributed by atoms with Crippen molar-refractivity contribution in [2.24, 2.45) is 0 Å². The number of hydrazine groups is 1. The van der Waals surface area contributed by atoms with Crippen LogP contribution in [0.4, 0.5) is 4.79 Å². The van der Waals surface area contributed by atoms with E-state index in [1.165, 1.54) is 7.05 Å². The normalized spacial score (nSPS) is 18.9. The van der Waals surface area contributed by atoms with Gasteiger partial charge in [0.15, 0.2) is 0 Å². The lowest BCUT2D eigenvalue weighted by Crippen LogP contribution is -2.40. The Morgan fingerprint density at radius 1 is 1.17 bits per heavy atom. The zero-order valence-corrected chi connectivity index (χ0v) is 19.6. The number of imide groups is 1. The Bertz CT molecular complexity index is 943. The molecule has 2 amide bonds. The van der Waals surface area contributed by atoms with Gasteiger partial charge in [-0.3, -0.25) is 9.80 Å². The van der Waals surface area contributed by atoms with Gasteiger partial charge in [-0.15, -0.1) is 18.5 Å². The molecule has 2 heterocycles. The number of allylic oxidation sites excluding steroid dienone is 3. The standard InChI is InChI=1S/C21H27N3O3P2/c1-12-10-11-24-17(18(12)29)15(16(22-24)13-6-8-14(28)9-7-13)19(25)23(5)20(26)27-21(2,3)4/h6-11,16,22H,28-29H2,1-5H3. The van der Waals surface area contributed by atoms with Crippen LogP contribution in [0.15, 0.2) is 58.7 Å². The minimum atomic E-state index is -0.687. The molecule has 2 aliphatic rings. The quantitative estimate of drug-likeness (QED) is 0.728. The molecule has 3 atom stereocenters. The number of benzene rings is 1. The smallest absolute Gasteiger partial charge is 0.417 e. The van der Waals surface area contributed by atoms with E-state index in [4.69, 9.17) is 4.74 Å². The molecule has 0 fully saturated rings. The maximum atomic E-state index is 13.5. The number of hydrogen-bond donors (Lipinski definition) is 1. The third kappa shape index (κ3) is 4.45. The fourth-order valence-corrected chi connectivity index (χ4v) is 3.72. The second kappa shape index (κ2) is 8.02. The molecule has 29 heavy (non-hydrogen) atoms. The van der Waals surface area contributed by atoms with E-state index in [-0.39, 0.29) is 6.04 Å². The number of carbonyl (C=O) groups excluding carboxylic acids is 2. The molecule has 2 aliphatic heterocycles. The Morgan fingerprint density at radius 3 is 2.38 bits per heavy atom. The van der Waals surface area contributed by atoms with Crippen molar-refractivity contribution < 1.29 is 14.3 Å². The molecule has 0 radical (unpaired) electrons. The number of nitrogens with one attached hydrogen (secondary N) is 1. The molecule has 1 aromatic rings. The number of nitrogens with zero attached hydrogens (tertiary/aromatic N) is 2. The number of amides is 2. The van der Waals surface area contributed by atoms with Crippen LogP contribution in [0.5, 0.6) is 0 Å². The van der Waals surface area contributed by atoms with E-state index in [9.17, 15) is 9.59 Å². The van der Waals surface area contributed by atoms with Gasteiger partial charge in [-0.25, -0.2) is 15.1 Å². The first-order valence-electron chi connectivity index (χ1n) is 9.30. The van der Waals surface area contributed by atoms with Crippen LogP contribution >= 0.6 is 18.5 Å². The lowest BCUT2D eigenvalue weighted by molar-refractivity contribution is -0.125. The molecule has 0 spiro atoms. The van der Waals surface area contributed by atoms with E-state index >= 15 is 0 Å². The summed E-state index contributed by atoms with van der Waals surface area (Å²) in [4.78, 5) is 27.1. The maximum absolute atomic E-state index is 13.5. The van der Waals surface area contributed by atoms with Crippen LogP contribution in [0.25, 0.3) is 0 Å². The zero-order chi connectivity index (χ0) is 21.5. The lowest BCUT2D eigenvalue weighted by Gasteiger charge is -2.25. The Labute approximate surface area is 176 Å². The van der Waals surface area contributed by atoms with Crippen molar-refractivity contribution in [3.05, 3.63) is 64.3 Å². The Balaban J connectivity index is 2.06. The Morgan fingerprint density at radius 2 is 1.79 bits per heavy atom. The van der Waals surface area contributed by atoms with Crippen LogP contribution in [0.2, 0.25) is 0 Å². The van der Waals surface area contributed by atoms with Gasteiger partial charge < -0.3 is 4.74 Å². The molecule has 0 aliphatic carbocycles. The SMILES string of the molecule is CC1=C(P)C2=C(C(=O)N(C)C(=O)OC(C)(C)C)C(c3ccc(P)cc3)NN2C=C1. The molecule has 8 heteroatoms. The fraction of sp³-hybridized carbons (Fsp3) is 0.333. The van der Waals surface area contributed by atoms with Crippen LogP contribution in [-0.2, 0) is 9.53 Å². The first-order chi connectivity index (χ1) is 13.5. The van der Waals surface area contributed by atoms with Crippen molar-refractivity contribution in [1.82, 2.24) is 15.3 Å². The average molecular weight is 431 g/mol. The molecule has 3 rings (SSSR count). The number of fused-ring (bicyclic) bond motifs is 1. The van der Waals surface area contributed by atoms with Crippen molar-refractivity contribution in [1.29, 1.82) is 0 Å². The van der Waals surface area contributed by atoms with E-state index in [0.29, 0.717) is 5.57 Å². The predicted octanol–water partition coefficient (Wildman–Crippen LogP) is 3.37. The number of hydrogen-bond acceptors (Lipinski definition) is 5. The highest BCUT2D eigenvalue weighted by Gasteiger charge is 2.40. The highest BCUT2D eigenvalue weighted by molar-refractivity contribution is 7.27. The molecule has 3 unspecified atom stereocenters. The lowest BCUT2D eigenvalue weighted by atomic mass is 9.96. The van der Waals surface area contributed by atoms with E-state index < -0.39 is 17.6 Å². The van der Waals surface area contributed by atoms with Crippen LogP contribution in [0, 0.1) is 0 Å². The van der Waals surface area contributed by atoms with Crippen molar-refractivity contribution in [3.8, 4) is 0 Å². The summed E-state index contributed by atoms with van der Waals surface area (Å²) in [5, 5.41) is 3.80. The van der Waals surface area contributed by atoms with Gasteiger partial charge in [-0.05, 0) is 55.5 Å². The summed E-state index contributed by atoms with van der Waals surface area (Å²) in [7, 11) is 6.81. The first-order valence-corrected chi connectivity index (χ1v) is 10.5. The van der Waals surface area contributed by atoms with E-state index in [2.05, 4.69) is 23.9 Å². The molecular formula is C21H27N3O3P2. The van der Waals surface area contributed by atoms with E-state index in [1.807, 2.05) is 48.5 Å². The highest BCUT2D eigenvalue weighted by Crippen LogP contribution is 2.41. The van der Waals surface area contributed by atoms with Crippen molar-refractivity contribution >= 4 is 35.8 Å². The molecule has 1 N–H and O–H groups in total. The minimum Gasteiger partial charge on any atom is -0.443 e. The third-order valence-corrected chi connectivity index (χ3v) is 5.79. The monoisotopic (exact) mass is 431 g/mol. The van der Waals surface area contributed by atoms with E-state index in [1.54, 1.807) is 20.8 Å². The summed E-state index contributed by atoms with van der Waals surface area (Å²) in [6.07, 6.45) is 3.20. The summed E-state index contributed by atoms with van der Waals surface area (Å²) < 4.78 is 5.40. The van der Waals surface area contributed by atoms with Gasteiger partial charge in [-0.1, -0.05) is 24.3 Å². The molecule has 0 saturated heterocycles. The van der Waals surface area contributed by atoms with Gasteiger partial charge in [0.25, 0.3) is 5.91 Å². The topological polar surface area (TPSA) is 61.9 Å². The van der Waals surface area contributed by atoms with Crippen LogP contribution < -0.4 is 10.7 Å². The minimum absolute atomic E-state index is 0.390. The second-order valence-corrected chi connectivity index (χ2v) is 9.36. The zero-order valence-electron chi connectivity index (χ0n) is 17.3. The van der Waals surface area contributed by atoms with Crippen molar-refractivity contribution in [3.63, 3.8) is 0 Å². The molecular weight excluding hydrogens is 404 g/mol. The second-order valence-electron chi connectivity index (χ2n) is 8.12.